The Morgan fingerprint density at radius 3 is 2.71 bits per heavy atom. The molecule has 3 nitrogen and oxygen atoms in total. The third kappa shape index (κ3) is 3.98. The molecule has 1 atom stereocenters. The summed E-state index contributed by atoms with van der Waals surface area (Å²) in [6.45, 7) is 6.54. The fraction of sp³-hybridized carbons (Fsp3) is 0.583. The highest BCUT2D eigenvalue weighted by Crippen LogP contribution is 2.25. The van der Waals surface area contributed by atoms with Gasteiger partial charge in [0.1, 0.15) is 0 Å². The van der Waals surface area contributed by atoms with E-state index in [-0.39, 0.29) is 11.9 Å². The van der Waals surface area contributed by atoms with E-state index >= 15 is 0 Å². The van der Waals surface area contributed by atoms with E-state index in [1.165, 1.54) is 11.3 Å². The predicted molar refractivity (Wildman–Crippen MR) is 73.6 cm³/mol. The van der Waals surface area contributed by atoms with Crippen molar-refractivity contribution in [1.82, 2.24) is 10.6 Å². The highest BCUT2D eigenvalue weighted by molar-refractivity contribution is 7.14. The van der Waals surface area contributed by atoms with Crippen LogP contribution in [0.2, 0.25) is 4.34 Å². The van der Waals surface area contributed by atoms with Crippen LogP contribution in [0.3, 0.4) is 0 Å². The molecule has 0 aromatic carbocycles. The lowest BCUT2D eigenvalue weighted by atomic mass is 9.92. The first-order valence-corrected chi connectivity index (χ1v) is 6.82. The zero-order valence-corrected chi connectivity index (χ0v) is 12.2. The van der Waals surface area contributed by atoms with Crippen LogP contribution in [0.1, 0.15) is 32.4 Å². The van der Waals surface area contributed by atoms with E-state index in [1.54, 1.807) is 7.05 Å². The van der Waals surface area contributed by atoms with Gasteiger partial charge >= 0.3 is 0 Å². The van der Waals surface area contributed by atoms with Crippen molar-refractivity contribution in [2.75, 3.05) is 13.6 Å². The summed E-state index contributed by atoms with van der Waals surface area (Å²) in [5.74, 6) is 0.0422. The van der Waals surface area contributed by atoms with Gasteiger partial charge in [-0.15, -0.1) is 11.3 Å². The Bertz CT molecular complexity index is 390. The molecule has 0 saturated heterocycles. The van der Waals surface area contributed by atoms with E-state index in [2.05, 4.69) is 17.6 Å². The number of nitrogens with one attached hydrogen (secondary N) is 2. The van der Waals surface area contributed by atoms with Crippen molar-refractivity contribution < 1.29 is 4.79 Å². The molecule has 5 heteroatoms. The van der Waals surface area contributed by atoms with E-state index in [9.17, 15) is 4.79 Å². The van der Waals surface area contributed by atoms with Gasteiger partial charge in [0.05, 0.1) is 9.75 Å². The molecule has 1 rings (SSSR count). The molecule has 0 aliphatic carbocycles. The summed E-state index contributed by atoms with van der Waals surface area (Å²) in [5.41, 5.74) is 0.746. The van der Waals surface area contributed by atoms with Crippen LogP contribution in [0, 0.1) is 5.41 Å². The summed E-state index contributed by atoms with van der Waals surface area (Å²) >= 11 is 7.42. The Hall–Kier alpha value is -0.580. The number of hydrogen-bond donors (Lipinski definition) is 2. The summed E-state index contributed by atoms with van der Waals surface area (Å²) in [7, 11) is 1.66. The van der Waals surface area contributed by atoms with Crippen LogP contribution in [0.5, 0.6) is 0 Å². The molecule has 2 N–H and O–H groups in total. The van der Waals surface area contributed by atoms with E-state index in [1.807, 2.05) is 25.3 Å². The largest absolute Gasteiger partial charge is 0.359 e. The predicted octanol–water partition coefficient (Wildman–Crippen LogP) is 2.82. The maximum absolute atomic E-state index is 11.6. The van der Waals surface area contributed by atoms with E-state index in [4.69, 9.17) is 11.6 Å². The minimum atomic E-state index is -0.414. The lowest BCUT2D eigenvalue weighted by Crippen LogP contribution is -2.42. The number of carbonyl (C=O) groups excluding carboxylic acids is 1. The Balaban J connectivity index is 2.53. The second-order valence-corrected chi connectivity index (χ2v) is 6.29. The van der Waals surface area contributed by atoms with Gasteiger partial charge in [-0.25, -0.2) is 0 Å². The summed E-state index contributed by atoms with van der Waals surface area (Å²) in [4.78, 5) is 11.6. The molecule has 0 bridgehead atoms. The number of rotatable bonds is 5. The van der Waals surface area contributed by atoms with Gasteiger partial charge in [0, 0.05) is 19.6 Å². The van der Waals surface area contributed by atoms with E-state index in [0.717, 1.165) is 9.90 Å². The molecule has 1 aromatic heterocycles. The van der Waals surface area contributed by atoms with Gasteiger partial charge in [-0.3, -0.25) is 4.79 Å². The fourth-order valence-electron chi connectivity index (χ4n) is 1.50. The van der Waals surface area contributed by atoms with Crippen molar-refractivity contribution in [3.05, 3.63) is 21.3 Å². The quantitative estimate of drug-likeness (QED) is 0.867. The number of hydrogen-bond acceptors (Lipinski definition) is 3. The van der Waals surface area contributed by atoms with Gasteiger partial charge < -0.3 is 10.6 Å². The summed E-state index contributed by atoms with van der Waals surface area (Å²) in [6, 6.07) is 2.15. The lowest BCUT2D eigenvalue weighted by Gasteiger charge is -2.25. The van der Waals surface area contributed by atoms with E-state index in [0.29, 0.717) is 6.54 Å². The summed E-state index contributed by atoms with van der Waals surface area (Å²) < 4.78 is 0.791. The Labute approximate surface area is 112 Å². The maximum atomic E-state index is 11.6. The first-order chi connectivity index (χ1) is 7.86. The number of halogens is 1. The van der Waals surface area contributed by atoms with Gasteiger partial charge in [-0.2, -0.15) is 0 Å². The molecule has 17 heavy (non-hydrogen) atoms. The molecule has 1 amide bonds. The van der Waals surface area contributed by atoms with Crippen LogP contribution >= 0.6 is 22.9 Å². The number of amides is 1. The third-order valence-electron chi connectivity index (χ3n) is 2.78. The van der Waals surface area contributed by atoms with E-state index < -0.39 is 5.41 Å². The monoisotopic (exact) mass is 274 g/mol. The molecular formula is C12H19ClN2OS. The van der Waals surface area contributed by atoms with Crippen molar-refractivity contribution in [1.29, 1.82) is 0 Å². The van der Waals surface area contributed by atoms with Gasteiger partial charge in [-0.05, 0) is 37.8 Å². The molecule has 0 aliphatic rings. The number of carbonyl (C=O) groups is 1. The molecule has 0 fully saturated rings. The molecule has 1 aromatic rings. The van der Waals surface area contributed by atoms with Crippen molar-refractivity contribution in [3.63, 3.8) is 0 Å². The van der Waals surface area contributed by atoms with Crippen LogP contribution in [0.4, 0.5) is 0 Å². The van der Waals surface area contributed by atoms with Crippen LogP contribution in [0.15, 0.2) is 11.4 Å². The minimum Gasteiger partial charge on any atom is -0.359 e. The smallest absolute Gasteiger partial charge is 0.226 e. The first kappa shape index (κ1) is 14.5. The van der Waals surface area contributed by atoms with Crippen LogP contribution in [-0.2, 0) is 4.79 Å². The molecule has 1 unspecified atom stereocenters. The topological polar surface area (TPSA) is 41.1 Å². The second-order valence-electron chi connectivity index (χ2n) is 4.75. The van der Waals surface area contributed by atoms with Gasteiger partial charge in [0.15, 0.2) is 0 Å². The van der Waals surface area contributed by atoms with Crippen molar-refractivity contribution in [2.24, 2.45) is 5.41 Å². The fourth-order valence-corrected chi connectivity index (χ4v) is 2.48. The standard InChI is InChI=1S/C12H19ClN2OS/c1-8(9-5-10(13)17-6-9)15-7-12(2,3)11(16)14-4/h5-6,8,15H,7H2,1-4H3,(H,14,16). The third-order valence-corrected chi connectivity index (χ3v) is 3.89. The first-order valence-electron chi connectivity index (χ1n) is 5.56. The molecular weight excluding hydrogens is 256 g/mol. The molecule has 0 aliphatic heterocycles. The van der Waals surface area contributed by atoms with Crippen LogP contribution < -0.4 is 10.6 Å². The summed E-state index contributed by atoms with van der Waals surface area (Å²) in [6.07, 6.45) is 0. The molecule has 1 heterocycles. The average molecular weight is 275 g/mol. The minimum absolute atomic E-state index is 0.0422. The lowest BCUT2D eigenvalue weighted by molar-refractivity contribution is -0.128. The zero-order valence-electron chi connectivity index (χ0n) is 10.6. The van der Waals surface area contributed by atoms with Gasteiger partial charge in [0.2, 0.25) is 5.91 Å². The molecule has 0 spiro atoms. The normalized spacial score (nSPS) is 13.5. The van der Waals surface area contributed by atoms with Crippen molar-refractivity contribution >= 4 is 28.8 Å². The maximum Gasteiger partial charge on any atom is 0.226 e. The Morgan fingerprint density at radius 1 is 1.59 bits per heavy atom. The van der Waals surface area contributed by atoms with Crippen LogP contribution in [0.25, 0.3) is 0 Å². The molecule has 96 valence electrons. The van der Waals surface area contributed by atoms with Crippen molar-refractivity contribution in [2.45, 2.75) is 26.8 Å². The van der Waals surface area contributed by atoms with Crippen molar-refractivity contribution in [3.8, 4) is 0 Å². The highest BCUT2D eigenvalue weighted by atomic mass is 35.5. The number of thiophene rings is 1. The van der Waals surface area contributed by atoms with Gasteiger partial charge in [0.25, 0.3) is 0 Å². The van der Waals surface area contributed by atoms with Crippen LogP contribution in [-0.4, -0.2) is 19.5 Å². The highest BCUT2D eigenvalue weighted by Gasteiger charge is 2.26. The average Bonchev–Trinajstić information content (AvgIpc) is 2.71. The SMILES string of the molecule is CNC(=O)C(C)(C)CNC(C)c1csc(Cl)c1. The zero-order chi connectivity index (χ0) is 13.1. The Kier molecular flexibility index (Phi) is 4.98. The van der Waals surface area contributed by atoms with Gasteiger partial charge in [-0.1, -0.05) is 11.6 Å². The Morgan fingerprint density at radius 2 is 2.24 bits per heavy atom. The second kappa shape index (κ2) is 5.85. The molecule has 0 saturated carbocycles. The molecule has 0 radical (unpaired) electrons. The summed E-state index contributed by atoms with van der Waals surface area (Å²) in [5, 5.41) is 8.06.